The third-order valence-electron chi connectivity index (χ3n) is 5.99. The van der Waals surface area contributed by atoms with E-state index in [2.05, 4.69) is 35.7 Å². The van der Waals surface area contributed by atoms with Gasteiger partial charge in [0.15, 0.2) is 0 Å². The molecular weight excluding hydrogens is 440 g/mol. The van der Waals surface area contributed by atoms with Crippen LogP contribution in [-0.4, -0.2) is 53.3 Å². The summed E-state index contributed by atoms with van der Waals surface area (Å²) in [7, 11) is 0. The van der Waals surface area contributed by atoms with Crippen LogP contribution in [0.1, 0.15) is 42.9 Å². The molecule has 2 fully saturated rings. The number of amides is 2. The van der Waals surface area contributed by atoms with Crippen molar-refractivity contribution >= 4 is 34.8 Å². The minimum Gasteiger partial charge on any atom is -0.314 e. The molecule has 170 valence electrons. The summed E-state index contributed by atoms with van der Waals surface area (Å²) in [5, 5.41) is 9.64. The second-order valence-corrected chi connectivity index (χ2v) is 9.31. The first-order chi connectivity index (χ1) is 16.1. The Labute approximate surface area is 194 Å². The lowest BCUT2D eigenvalue weighted by atomic mass is 9.84. The van der Waals surface area contributed by atoms with Crippen LogP contribution in [0.5, 0.6) is 0 Å². The SMILES string of the molecule is O=C1NC(=O)/C(=C/c2ccnc(CC3CCC(NCCc4ccn5ncnc5n4)CC3)n2)S1. The monoisotopic (exact) mass is 464 g/mol. The molecule has 3 aromatic rings. The molecule has 33 heavy (non-hydrogen) atoms. The van der Waals surface area contributed by atoms with Crippen molar-refractivity contribution < 1.29 is 9.59 Å². The lowest BCUT2D eigenvalue weighted by Crippen LogP contribution is -2.35. The highest BCUT2D eigenvalue weighted by molar-refractivity contribution is 8.18. The number of fused-ring (bicyclic) bond motifs is 1. The van der Waals surface area contributed by atoms with Gasteiger partial charge in [-0.05, 0) is 61.6 Å². The van der Waals surface area contributed by atoms with Gasteiger partial charge in [0.25, 0.3) is 16.9 Å². The Hall–Kier alpha value is -3.18. The number of aromatic nitrogens is 6. The number of nitrogens with zero attached hydrogens (tertiary/aromatic N) is 6. The summed E-state index contributed by atoms with van der Waals surface area (Å²) in [5.74, 6) is 1.60. The number of rotatable bonds is 7. The molecule has 1 aliphatic heterocycles. The third kappa shape index (κ3) is 5.42. The Balaban J connectivity index is 1.08. The smallest absolute Gasteiger partial charge is 0.290 e. The molecule has 0 atom stereocenters. The van der Waals surface area contributed by atoms with Gasteiger partial charge in [-0.1, -0.05) is 0 Å². The van der Waals surface area contributed by atoms with Gasteiger partial charge in [-0.15, -0.1) is 0 Å². The Morgan fingerprint density at radius 3 is 2.85 bits per heavy atom. The molecule has 0 unspecified atom stereocenters. The summed E-state index contributed by atoms with van der Waals surface area (Å²) in [4.78, 5) is 41.1. The van der Waals surface area contributed by atoms with E-state index in [-0.39, 0.29) is 11.1 Å². The van der Waals surface area contributed by atoms with Crippen LogP contribution in [0.4, 0.5) is 4.79 Å². The third-order valence-corrected chi connectivity index (χ3v) is 6.80. The van der Waals surface area contributed by atoms with Crippen molar-refractivity contribution in [2.45, 2.75) is 44.6 Å². The molecule has 2 amide bonds. The molecule has 1 saturated carbocycles. The molecular formula is C22H24N8O2S. The number of hydrogen-bond acceptors (Lipinski definition) is 9. The fraction of sp³-hybridized carbons (Fsp3) is 0.409. The van der Waals surface area contributed by atoms with E-state index in [1.807, 2.05) is 12.3 Å². The van der Waals surface area contributed by atoms with Crippen LogP contribution in [0.15, 0.2) is 35.8 Å². The highest BCUT2D eigenvalue weighted by Crippen LogP contribution is 2.27. The second-order valence-electron chi connectivity index (χ2n) is 8.30. The second kappa shape index (κ2) is 9.75. The first kappa shape index (κ1) is 21.7. The predicted molar refractivity (Wildman–Crippen MR) is 123 cm³/mol. The normalized spacial score (nSPS) is 22.2. The summed E-state index contributed by atoms with van der Waals surface area (Å²) >= 11 is 0.899. The van der Waals surface area contributed by atoms with E-state index >= 15 is 0 Å². The van der Waals surface area contributed by atoms with E-state index in [1.165, 1.54) is 6.33 Å². The van der Waals surface area contributed by atoms with Gasteiger partial charge in [-0.3, -0.25) is 14.9 Å². The molecule has 5 rings (SSSR count). The van der Waals surface area contributed by atoms with E-state index < -0.39 is 0 Å². The lowest BCUT2D eigenvalue weighted by molar-refractivity contribution is -0.115. The Bertz CT molecular complexity index is 1200. The van der Waals surface area contributed by atoms with Crippen LogP contribution < -0.4 is 10.6 Å². The van der Waals surface area contributed by atoms with Gasteiger partial charge in [-0.2, -0.15) is 10.1 Å². The van der Waals surface area contributed by atoms with Crippen molar-refractivity contribution in [2.24, 2.45) is 5.92 Å². The van der Waals surface area contributed by atoms with Gasteiger partial charge in [0.2, 0.25) is 0 Å². The average Bonchev–Trinajstić information content (AvgIpc) is 3.40. The van der Waals surface area contributed by atoms with Gasteiger partial charge < -0.3 is 5.32 Å². The fourth-order valence-electron chi connectivity index (χ4n) is 4.27. The molecule has 0 aromatic carbocycles. The maximum atomic E-state index is 11.7. The van der Waals surface area contributed by atoms with Crippen LogP contribution in [0.3, 0.4) is 0 Å². The van der Waals surface area contributed by atoms with Crippen LogP contribution in [0, 0.1) is 5.92 Å². The average molecular weight is 465 g/mol. The van der Waals surface area contributed by atoms with E-state index in [0.29, 0.717) is 28.3 Å². The quantitative estimate of drug-likeness (QED) is 0.506. The maximum Gasteiger partial charge on any atom is 0.290 e. The molecule has 1 aliphatic carbocycles. The summed E-state index contributed by atoms with van der Waals surface area (Å²) in [5.41, 5.74) is 1.67. The highest BCUT2D eigenvalue weighted by Gasteiger charge is 2.25. The first-order valence-corrected chi connectivity index (χ1v) is 11.9. The lowest BCUT2D eigenvalue weighted by Gasteiger charge is -2.29. The molecule has 1 saturated heterocycles. The number of hydrogen-bond donors (Lipinski definition) is 2. The summed E-state index contributed by atoms with van der Waals surface area (Å²) in [6.45, 7) is 0.889. The van der Waals surface area contributed by atoms with Crippen molar-refractivity contribution in [1.29, 1.82) is 0 Å². The Morgan fingerprint density at radius 2 is 2.03 bits per heavy atom. The molecule has 0 radical (unpaired) electrons. The van der Waals surface area contributed by atoms with Crippen LogP contribution in [0.25, 0.3) is 11.9 Å². The molecule has 10 nitrogen and oxygen atoms in total. The standard InChI is InChI=1S/C22H24N8O2S/c31-20-18(33-22(32)29-20)12-17-6-9-24-19(27-17)11-14-1-3-15(4-2-14)23-8-5-16-7-10-30-21(28-16)25-13-26-30/h6-7,9-10,12-15,23H,1-5,8,11H2,(H,29,31,32)/b18-12-. The summed E-state index contributed by atoms with van der Waals surface area (Å²) in [6, 6.07) is 4.26. The molecule has 2 aliphatic rings. The van der Waals surface area contributed by atoms with Crippen molar-refractivity contribution in [1.82, 2.24) is 40.2 Å². The number of thioether (sulfide) groups is 1. The molecule has 0 bridgehead atoms. The molecule has 4 heterocycles. The van der Waals surface area contributed by atoms with E-state index in [1.54, 1.807) is 22.9 Å². The maximum absolute atomic E-state index is 11.7. The largest absolute Gasteiger partial charge is 0.314 e. The Kier molecular flexibility index (Phi) is 6.40. The van der Waals surface area contributed by atoms with Crippen LogP contribution in [-0.2, 0) is 17.6 Å². The number of carbonyl (C=O) groups excluding carboxylic acids is 2. The fourth-order valence-corrected chi connectivity index (χ4v) is 4.94. The Morgan fingerprint density at radius 1 is 1.15 bits per heavy atom. The molecule has 3 aromatic heterocycles. The number of imide groups is 1. The van der Waals surface area contributed by atoms with Gasteiger partial charge in [0, 0.05) is 43.5 Å². The van der Waals surface area contributed by atoms with E-state index in [4.69, 9.17) is 0 Å². The van der Waals surface area contributed by atoms with Gasteiger partial charge >= 0.3 is 0 Å². The highest BCUT2D eigenvalue weighted by atomic mass is 32.2. The van der Waals surface area contributed by atoms with Gasteiger partial charge in [0.05, 0.1) is 10.6 Å². The minimum absolute atomic E-state index is 0.349. The summed E-state index contributed by atoms with van der Waals surface area (Å²) < 4.78 is 1.67. The zero-order valence-electron chi connectivity index (χ0n) is 18.0. The topological polar surface area (TPSA) is 127 Å². The molecule has 0 spiro atoms. The van der Waals surface area contributed by atoms with Crippen molar-refractivity contribution in [3.8, 4) is 0 Å². The van der Waals surface area contributed by atoms with Crippen LogP contribution >= 0.6 is 11.8 Å². The van der Waals surface area contributed by atoms with Gasteiger partial charge in [0.1, 0.15) is 12.2 Å². The van der Waals surface area contributed by atoms with Gasteiger partial charge in [-0.25, -0.2) is 19.5 Å². The van der Waals surface area contributed by atoms with Crippen molar-refractivity contribution in [3.05, 3.63) is 53.0 Å². The van der Waals surface area contributed by atoms with E-state index in [9.17, 15) is 9.59 Å². The zero-order chi connectivity index (χ0) is 22.6. The minimum atomic E-state index is -0.370. The molecule has 2 N–H and O–H groups in total. The molecule has 11 heteroatoms. The van der Waals surface area contributed by atoms with E-state index in [0.717, 1.165) is 68.3 Å². The van der Waals surface area contributed by atoms with Crippen molar-refractivity contribution in [2.75, 3.05) is 6.54 Å². The number of carbonyl (C=O) groups is 2. The zero-order valence-corrected chi connectivity index (χ0v) is 18.8. The predicted octanol–water partition coefficient (Wildman–Crippen LogP) is 2.17. The first-order valence-electron chi connectivity index (χ1n) is 11.1. The van der Waals surface area contributed by atoms with Crippen molar-refractivity contribution in [3.63, 3.8) is 0 Å². The van der Waals surface area contributed by atoms with Crippen LogP contribution in [0.2, 0.25) is 0 Å². The summed E-state index contributed by atoms with van der Waals surface area (Å²) in [6.07, 6.45) is 13.0. The number of nitrogens with one attached hydrogen (secondary N) is 2.